The molecule has 2 heterocycles. The molecule has 1 fully saturated rings. The summed E-state index contributed by atoms with van der Waals surface area (Å²) in [5, 5.41) is 0. The van der Waals surface area contributed by atoms with Gasteiger partial charge in [-0.1, -0.05) is 19.6 Å². The lowest BCUT2D eigenvalue weighted by atomic mass is 9.92. The number of nitrogens with zero attached hydrogens (tertiary/aromatic N) is 3. The van der Waals surface area contributed by atoms with Crippen LogP contribution >= 0.6 is 0 Å². The number of hydrazine groups is 1. The monoisotopic (exact) mass is 401 g/mol. The second kappa shape index (κ2) is 8.95. The lowest BCUT2D eigenvalue weighted by Crippen LogP contribution is -2.49. The van der Waals surface area contributed by atoms with Crippen molar-refractivity contribution in [3.63, 3.8) is 0 Å². The number of nitrogens with two attached hydrogens (primary N) is 1. The van der Waals surface area contributed by atoms with Gasteiger partial charge in [-0.3, -0.25) is 10.2 Å². The minimum atomic E-state index is -0.287. The Morgan fingerprint density at radius 1 is 1.34 bits per heavy atom. The van der Waals surface area contributed by atoms with Crippen molar-refractivity contribution >= 4 is 34.7 Å². The number of ether oxygens (including phenoxy) is 1. The number of hydrogen-bond donors (Lipinski definition) is 2. The molecule has 0 bridgehead atoms. The number of piperazine rings is 1. The van der Waals surface area contributed by atoms with Gasteiger partial charge in [0, 0.05) is 32.6 Å². The van der Waals surface area contributed by atoms with E-state index >= 15 is 0 Å². The highest BCUT2D eigenvalue weighted by atomic mass is 16.6. The van der Waals surface area contributed by atoms with Crippen LogP contribution in [0.4, 0.5) is 10.8 Å². The smallest absolute Gasteiger partial charge is 0.409 e. The molecule has 2 aromatic rings. The molecule has 1 unspecified atom stereocenters. The number of rotatable bonds is 6. The maximum atomic E-state index is 11.8. The number of oxazole rings is 1. The minimum absolute atomic E-state index is 0.0608. The number of fused-ring (bicyclic) bond motifs is 1. The van der Waals surface area contributed by atoms with E-state index in [1.54, 1.807) is 11.8 Å². The molecule has 1 aliphatic rings. The number of amides is 2. The van der Waals surface area contributed by atoms with Crippen molar-refractivity contribution in [3.8, 4) is 0 Å². The van der Waals surface area contributed by atoms with Crippen LogP contribution in [0.2, 0.25) is 0 Å². The van der Waals surface area contributed by atoms with E-state index in [9.17, 15) is 9.59 Å². The Balaban J connectivity index is 1.69. The first-order chi connectivity index (χ1) is 13.9. The molecule has 1 aromatic heterocycles. The quantitative estimate of drug-likeness (QED) is 0.433. The normalized spacial score (nSPS) is 15.3. The predicted molar refractivity (Wildman–Crippen MR) is 110 cm³/mol. The van der Waals surface area contributed by atoms with Gasteiger partial charge in [0.15, 0.2) is 5.58 Å². The average molecular weight is 401 g/mol. The van der Waals surface area contributed by atoms with Crippen molar-refractivity contribution in [1.82, 2.24) is 15.3 Å². The molecule has 2 amide bonds. The Labute approximate surface area is 169 Å². The summed E-state index contributed by atoms with van der Waals surface area (Å²) in [6.07, 6.45) is -0.0231. The minimum Gasteiger partial charge on any atom is -0.450 e. The highest BCUT2D eigenvalue weighted by Gasteiger charge is 2.25. The third-order valence-electron chi connectivity index (χ3n) is 5.07. The highest BCUT2D eigenvalue weighted by Crippen LogP contribution is 2.29. The summed E-state index contributed by atoms with van der Waals surface area (Å²) in [5.74, 6) is 4.87. The van der Waals surface area contributed by atoms with E-state index in [1.165, 1.54) is 0 Å². The van der Waals surface area contributed by atoms with Gasteiger partial charge in [0.25, 0.3) is 6.01 Å². The number of carbonyl (C=O) groups is 2. The Morgan fingerprint density at radius 2 is 2.07 bits per heavy atom. The summed E-state index contributed by atoms with van der Waals surface area (Å²) < 4.78 is 11.0. The molecule has 1 aliphatic heterocycles. The summed E-state index contributed by atoms with van der Waals surface area (Å²) in [6, 6.07) is 6.22. The molecule has 1 saturated heterocycles. The Hall–Kier alpha value is -3.07. The summed E-state index contributed by atoms with van der Waals surface area (Å²) in [4.78, 5) is 31.6. The lowest BCUT2D eigenvalue weighted by molar-refractivity contribution is -0.121. The van der Waals surface area contributed by atoms with E-state index in [-0.39, 0.29) is 24.3 Å². The summed E-state index contributed by atoms with van der Waals surface area (Å²) in [7, 11) is 0. The van der Waals surface area contributed by atoms with Gasteiger partial charge in [-0.25, -0.2) is 10.6 Å². The van der Waals surface area contributed by atoms with E-state index < -0.39 is 0 Å². The van der Waals surface area contributed by atoms with Gasteiger partial charge in [0.2, 0.25) is 5.91 Å². The first kappa shape index (κ1) is 20.7. The molecule has 3 rings (SSSR count). The standard InChI is InChI=1S/C20H27N5O4/c1-4-28-20(27)25-9-7-24(8-10-25)19-22-16-6-5-15(12-17(16)29-19)14(3)13(2)11-18(26)23-21/h5-6,12-13H,3-4,7-11,21H2,1-2H3,(H,23,26). The summed E-state index contributed by atoms with van der Waals surface area (Å²) >= 11 is 0. The molecule has 29 heavy (non-hydrogen) atoms. The second-order valence-corrected chi connectivity index (χ2v) is 7.05. The van der Waals surface area contributed by atoms with Crippen LogP contribution in [0.15, 0.2) is 29.2 Å². The van der Waals surface area contributed by atoms with E-state index in [4.69, 9.17) is 15.0 Å². The molecule has 0 radical (unpaired) electrons. The van der Waals surface area contributed by atoms with Gasteiger partial charge < -0.3 is 19.0 Å². The maximum Gasteiger partial charge on any atom is 0.409 e. The van der Waals surface area contributed by atoms with Gasteiger partial charge >= 0.3 is 6.09 Å². The lowest BCUT2D eigenvalue weighted by Gasteiger charge is -2.32. The molecule has 1 aromatic carbocycles. The van der Waals surface area contributed by atoms with E-state index in [0.29, 0.717) is 44.4 Å². The summed E-state index contributed by atoms with van der Waals surface area (Å²) in [6.45, 7) is 10.6. The van der Waals surface area contributed by atoms with Crippen LogP contribution in [-0.2, 0) is 9.53 Å². The fraction of sp³-hybridized carbons (Fsp3) is 0.450. The number of hydrogen-bond acceptors (Lipinski definition) is 7. The summed E-state index contributed by atoms with van der Waals surface area (Å²) in [5.41, 5.74) is 5.27. The maximum absolute atomic E-state index is 11.8. The Morgan fingerprint density at radius 3 is 2.72 bits per heavy atom. The van der Waals surface area contributed by atoms with Gasteiger partial charge in [-0.05, 0) is 36.1 Å². The largest absolute Gasteiger partial charge is 0.450 e. The van der Waals surface area contributed by atoms with Crippen LogP contribution in [0.1, 0.15) is 25.8 Å². The molecular formula is C20H27N5O4. The zero-order valence-electron chi connectivity index (χ0n) is 16.8. The van der Waals surface area contributed by atoms with Crippen LogP contribution in [-0.4, -0.2) is 54.7 Å². The van der Waals surface area contributed by atoms with Crippen LogP contribution in [0, 0.1) is 5.92 Å². The third kappa shape index (κ3) is 4.68. The van der Waals surface area contributed by atoms with Gasteiger partial charge in [-0.15, -0.1) is 0 Å². The van der Waals surface area contributed by atoms with Crippen molar-refractivity contribution in [2.75, 3.05) is 37.7 Å². The second-order valence-electron chi connectivity index (χ2n) is 7.05. The van der Waals surface area contributed by atoms with Crippen molar-refractivity contribution in [1.29, 1.82) is 0 Å². The highest BCUT2D eigenvalue weighted by molar-refractivity contribution is 5.82. The molecule has 3 N–H and O–H groups in total. The van der Waals surface area contributed by atoms with Crippen LogP contribution in [0.3, 0.4) is 0 Å². The van der Waals surface area contributed by atoms with Crippen molar-refractivity contribution < 1.29 is 18.7 Å². The Bertz CT molecular complexity index is 901. The van der Waals surface area contributed by atoms with Crippen molar-refractivity contribution in [2.45, 2.75) is 20.3 Å². The van der Waals surface area contributed by atoms with E-state index in [1.807, 2.05) is 30.0 Å². The van der Waals surface area contributed by atoms with Crippen molar-refractivity contribution in [2.24, 2.45) is 11.8 Å². The fourth-order valence-electron chi connectivity index (χ4n) is 3.29. The van der Waals surface area contributed by atoms with Gasteiger partial charge in [0.1, 0.15) is 5.52 Å². The molecule has 0 spiro atoms. The van der Waals surface area contributed by atoms with Crippen LogP contribution in [0.5, 0.6) is 0 Å². The van der Waals surface area contributed by atoms with Crippen LogP contribution in [0.25, 0.3) is 16.7 Å². The zero-order chi connectivity index (χ0) is 21.0. The third-order valence-corrected chi connectivity index (χ3v) is 5.07. The van der Waals surface area contributed by atoms with Crippen molar-refractivity contribution in [3.05, 3.63) is 30.3 Å². The molecule has 1 atom stereocenters. The van der Waals surface area contributed by atoms with Gasteiger partial charge in [-0.2, -0.15) is 4.98 Å². The van der Waals surface area contributed by atoms with Crippen LogP contribution < -0.4 is 16.2 Å². The Kier molecular flexibility index (Phi) is 6.38. The SMILES string of the molecule is C=C(c1ccc2nc(N3CCN(C(=O)OCC)CC3)oc2c1)C(C)CC(=O)NN. The number of carbonyl (C=O) groups excluding carboxylic acids is 2. The van der Waals surface area contributed by atoms with Gasteiger partial charge in [0.05, 0.1) is 6.61 Å². The molecular weight excluding hydrogens is 374 g/mol. The first-order valence-electron chi connectivity index (χ1n) is 9.68. The number of anilines is 1. The molecule has 156 valence electrons. The first-order valence-corrected chi connectivity index (χ1v) is 9.68. The zero-order valence-corrected chi connectivity index (χ0v) is 16.8. The number of allylic oxidation sites excluding steroid dienone is 1. The molecule has 0 aliphatic carbocycles. The fourth-order valence-corrected chi connectivity index (χ4v) is 3.29. The number of nitrogens with one attached hydrogen (secondary N) is 1. The molecule has 9 nitrogen and oxygen atoms in total. The van der Waals surface area contributed by atoms with E-state index in [0.717, 1.165) is 16.7 Å². The topological polar surface area (TPSA) is 114 Å². The molecule has 0 saturated carbocycles. The predicted octanol–water partition coefficient (Wildman–Crippen LogP) is 2.14. The average Bonchev–Trinajstić information content (AvgIpc) is 3.16. The number of benzene rings is 1. The molecule has 9 heteroatoms. The number of aromatic nitrogens is 1. The van der Waals surface area contributed by atoms with E-state index in [2.05, 4.69) is 17.0 Å².